The van der Waals surface area contributed by atoms with Crippen LogP contribution in [0.4, 0.5) is 5.69 Å². The molecule has 0 atom stereocenters. The van der Waals surface area contributed by atoms with E-state index in [-0.39, 0.29) is 12.4 Å². The third-order valence-electron chi connectivity index (χ3n) is 2.56. The van der Waals surface area contributed by atoms with Gasteiger partial charge in [0.15, 0.2) is 11.5 Å². The maximum absolute atomic E-state index is 11.8. The Morgan fingerprint density at radius 2 is 1.84 bits per heavy atom. The van der Waals surface area contributed by atoms with Gasteiger partial charge in [-0.15, -0.1) is 0 Å². The van der Waals surface area contributed by atoms with Crippen LogP contribution in [0.15, 0.2) is 12.1 Å². The lowest BCUT2D eigenvalue weighted by Crippen LogP contribution is -2.25. The maximum Gasteiger partial charge on any atom is 0.310 e. The number of benzene rings is 1. The molecular weight excluding hydrogens is 246 g/mol. The summed E-state index contributed by atoms with van der Waals surface area (Å²) in [6.45, 7) is 6.51. The lowest BCUT2D eigenvalue weighted by molar-refractivity contribution is -0.153. The van der Waals surface area contributed by atoms with Crippen molar-refractivity contribution in [3.8, 4) is 11.5 Å². The van der Waals surface area contributed by atoms with E-state index in [2.05, 4.69) is 0 Å². The summed E-state index contributed by atoms with van der Waals surface area (Å²) in [4.78, 5) is 11.8. The summed E-state index contributed by atoms with van der Waals surface area (Å²) in [6, 6.07) is 3.43. The van der Waals surface area contributed by atoms with Crippen molar-refractivity contribution in [3.05, 3.63) is 17.7 Å². The first-order valence-corrected chi connectivity index (χ1v) is 6.25. The van der Waals surface area contributed by atoms with Crippen LogP contribution in [0.1, 0.15) is 26.3 Å². The zero-order chi connectivity index (χ0) is 14.0. The number of rotatable bonds is 2. The first kappa shape index (κ1) is 13.5. The zero-order valence-electron chi connectivity index (χ0n) is 11.5. The fourth-order valence-electron chi connectivity index (χ4n) is 1.83. The van der Waals surface area contributed by atoms with Crippen LogP contribution >= 0.6 is 0 Å². The molecule has 0 amide bonds. The molecule has 1 aromatic carbocycles. The van der Waals surface area contributed by atoms with E-state index in [9.17, 15) is 4.79 Å². The van der Waals surface area contributed by atoms with E-state index in [0.717, 1.165) is 0 Å². The first-order valence-electron chi connectivity index (χ1n) is 6.25. The van der Waals surface area contributed by atoms with Crippen LogP contribution in [0.2, 0.25) is 0 Å². The van der Waals surface area contributed by atoms with Crippen molar-refractivity contribution in [3.63, 3.8) is 0 Å². The summed E-state index contributed by atoms with van der Waals surface area (Å²) >= 11 is 0. The Kier molecular flexibility index (Phi) is 3.55. The van der Waals surface area contributed by atoms with Gasteiger partial charge in [0.05, 0.1) is 6.42 Å². The number of ether oxygens (including phenoxy) is 3. The van der Waals surface area contributed by atoms with Gasteiger partial charge >= 0.3 is 5.97 Å². The maximum atomic E-state index is 11.8. The summed E-state index contributed by atoms with van der Waals surface area (Å²) in [6.07, 6.45) is 0.125. The molecule has 0 fully saturated rings. The highest BCUT2D eigenvalue weighted by Crippen LogP contribution is 2.34. The standard InChI is InChI=1S/C14H19NO4/c1-14(2,3)19-13(16)7-9-6-11-12(8-10(9)15)18-5-4-17-11/h6,8H,4-5,7,15H2,1-3H3. The topological polar surface area (TPSA) is 70.8 Å². The van der Waals surface area contributed by atoms with Gasteiger partial charge in [-0.2, -0.15) is 0 Å². The van der Waals surface area contributed by atoms with Gasteiger partial charge in [-0.1, -0.05) is 0 Å². The molecule has 1 aromatic rings. The third-order valence-corrected chi connectivity index (χ3v) is 2.56. The fraction of sp³-hybridized carbons (Fsp3) is 0.500. The van der Waals surface area contributed by atoms with Gasteiger partial charge in [-0.25, -0.2) is 0 Å². The van der Waals surface area contributed by atoms with E-state index in [4.69, 9.17) is 19.9 Å². The minimum Gasteiger partial charge on any atom is -0.486 e. The molecule has 0 saturated carbocycles. The average Bonchev–Trinajstić information content (AvgIpc) is 2.27. The van der Waals surface area contributed by atoms with Crippen molar-refractivity contribution in [1.29, 1.82) is 0 Å². The monoisotopic (exact) mass is 265 g/mol. The Hall–Kier alpha value is -1.91. The molecule has 0 bridgehead atoms. The quantitative estimate of drug-likeness (QED) is 0.653. The molecule has 2 N–H and O–H groups in total. The number of hydrogen-bond donors (Lipinski definition) is 1. The Morgan fingerprint density at radius 3 is 2.42 bits per heavy atom. The highest BCUT2D eigenvalue weighted by molar-refractivity contribution is 5.76. The van der Waals surface area contributed by atoms with Crippen molar-refractivity contribution in [2.45, 2.75) is 32.8 Å². The Bertz CT molecular complexity index is 491. The highest BCUT2D eigenvalue weighted by atomic mass is 16.6. The summed E-state index contributed by atoms with van der Waals surface area (Å²) < 4.78 is 16.2. The molecule has 0 saturated heterocycles. The number of carbonyl (C=O) groups is 1. The SMILES string of the molecule is CC(C)(C)OC(=O)Cc1cc2c(cc1N)OCCO2. The number of carbonyl (C=O) groups excluding carboxylic acids is 1. The molecule has 19 heavy (non-hydrogen) atoms. The predicted octanol–water partition coefficient (Wildman–Crippen LogP) is 1.92. The summed E-state index contributed by atoms with van der Waals surface area (Å²) in [5, 5.41) is 0. The molecule has 0 aromatic heterocycles. The van der Waals surface area contributed by atoms with E-state index < -0.39 is 5.60 Å². The van der Waals surface area contributed by atoms with Crippen LogP contribution in [-0.4, -0.2) is 24.8 Å². The second-order valence-electron chi connectivity index (χ2n) is 5.46. The molecule has 0 radical (unpaired) electrons. The lowest BCUT2D eigenvalue weighted by Gasteiger charge is -2.21. The first-order chi connectivity index (χ1) is 8.85. The van der Waals surface area contributed by atoms with Gasteiger partial charge in [-0.05, 0) is 32.4 Å². The van der Waals surface area contributed by atoms with Crippen LogP contribution in [0, 0.1) is 0 Å². The molecule has 2 rings (SSSR count). The van der Waals surface area contributed by atoms with Crippen molar-refractivity contribution in [2.75, 3.05) is 18.9 Å². The summed E-state index contributed by atoms with van der Waals surface area (Å²) in [5.41, 5.74) is 6.62. The number of hydrogen-bond acceptors (Lipinski definition) is 5. The second kappa shape index (κ2) is 4.99. The zero-order valence-corrected chi connectivity index (χ0v) is 11.5. The molecule has 104 valence electrons. The van der Waals surface area contributed by atoms with E-state index in [0.29, 0.717) is 36.0 Å². The van der Waals surface area contributed by atoms with Gasteiger partial charge in [0.2, 0.25) is 0 Å². The van der Waals surface area contributed by atoms with Gasteiger partial charge < -0.3 is 19.9 Å². The van der Waals surface area contributed by atoms with Gasteiger partial charge in [-0.3, -0.25) is 4.79 Å². The molecular formula is C14H19NO4. The largest absolute Gasteiger partial charge is 0.486 e. The van der Waals surface area contributed by atoms with E-state index in [1.165, 1.54) is 0 Å². The Morgan fingerprint density at radius 1 is 1.26 bits per heavy atom. The van der Waals surface area contributed by atoms with Crippen LogP contribution < -0.4 is 15.2 Å². The minimum absolute atomic E-state index is 0.125. The lowest BCUT2D eigenvalue weighted by atomic mass is 10.1. The van der Waals surface area contributed by atoms with Crippen LogP contribution in [0.3, 0.4) is 0 Å². The van der Waals surface area contributed by atoms with Crippen molar-refractivity contribution in [1.82, 2.24) is 0 Å². The van der Waals surface area contributed by atoms with Crippen LogP contribution in [0.25, 0.3) is 0 Å². The second-order valence-corrected chi connectivity index (χ2v) is 5.46. The van der Waals surface area contributed by atoms with Crippen LogP contribution in [-0.2, 0) is 16.0 Å². The molecule has 1 aliphatic rings. The van der Waals surface area contributed by atoms with E-state index in [1.54, 1.807) is 12.1 Å². The molecule has 1 heterocycles. The van der Waals surface area contributed by atoms with Crippen molar-refractivity contribution < 1.29 is 19.0 Å². The molecule has 0 aliphatic carbocycles. The van der Waals surface area contributed by atoms with Gasteiger partial charge in [0.25, 0.3) is 0 Å². The number of esters is 1. The van der Waals surface area contributed by atoms with Crippen molar-refractivity contribution >= 4 is 11.7 Å². The summed E-state index contributed by atoms with van der Waals surface area (Å²) in [5.74, 6) is 0.937. The summed E-state index contributed by atoms with van der Waals surface area (Å²) in [7, 11) is 0. The van der Waals surface area contributed by atoms with Crippen LogP contribution in [0.5, 0.6) is 11.5 Å². The normalized spacial score (nSPS) is 14.1. The Balaban J connectivity index is 2.14. The Labute approximate surface area is 112 Å². The number of fused-ring (bicyclic) bond motifs is 1. The predicted molar refractivity (Wildman–Crippen MR) is 71.4 cm³/mol. The molecule has 0 unspecified atom stereocenters. The highest BCUT2D eigenvalue weighted by Gasteiger charge is 2.20. The average molecular weight is 265 g/mol. The fourth-order valence-corrected chi connectivity index (χ4v) is 1.83. The molecule has 5 nitrogen and oxygen atoms in total. The van der Waals surface area contributed by atoms with E-state index in [1.807, 2.05) is 20.8 Å². The molecule has 5 heteroatoms. The van der Waals surface area contributed by atoms with E-state index >= 15 is 0 Å². The van der Waals surface area contributed by atoms with Gasteiger partial charge in [0, 0.05) is 11.8 Å². The number of nitrogen functional groups attached to an aromatic ring is 1. The third kappa shape index (κ3) is 3.53. The molecule has 1 aliphatic heterocycles. The molecule has 0 spiro atoms. The number of nitrogens with two attached hydrogens (primary N) is 1. The minimum atomic E-state index is -0.500. The van der Waals surface area contributed by atoms with Crippen molar-refractivity contribution in [2.24, 2.45) is 0 Å². The smallest absolute Gasteiger partial charge is 0.310 e. The van der Waals surface area contributed by atoms with Gasteiger partial charge in [0.1, 0.15) is 18.8 Å². The number of anilines is 1.